The standard InChI is InChI=1S/C13H15NO4S/c1-4-8-14(3)19(17,18)12-9-11(13(15)16)7-6-10(12)5-2/h1,6-7,9H,5,8H2,2-3H3,(H,15,16). The van der Waals surface area contributed by atoms with E-state index in [1.165, 1.54) is 25.2 Å². The Balaban J connectivity index is 3.43. The molecule has 0 unspecified atom stereocenters. The molecule has 0 aromatic heterocycles. The number of rotatable bonds is 5. The van der Waals surface area contributed by atoms with Crippen molar-refractivity contribution >= 4 is 16.0 Å². The maximum Gasteiger partial charge on any atom is 0.335 e. The molecule has 0 amide bonds. The van der Waals surface area contributed by atoms with Gasteiger partial charge in [-0.05, 0) is 24.1 Å². The average Bonchev–Trinajstić information content (AvgIpc) is 2.38. The van der Waals surface area contributed by atoms with Crippen LogP contribution in [0.1, 0.15) is 22.8 Å². The van der Waals surface area contributed by atoms with Gasteiger partial charge in [0.2, 0.25) is 10.0 Å². The Morgan fingerprint density at radius 3 is 2.58 bits per heavy atom. The molecule has 0 aliphatic heterocycles. The van der Waals surface area contributed by atoms with Crippen molar-refractivity contribution in [2.24, 2.45) is 0 Å². The molecule has 0 bridgehead atoms. The summed E-state index contributed by atoms with van der Waals surface area (Å²) in [5.74, 6) is 1.08. The summed E-state index contributed by atoms with van der Waals surface area (Å²) in [7, 11) is -2.41. The number of aryl methyl sites for hydroxylation is 1. The van der Waals surface area contributed by atoms with E-state index in [1.807, 2.05) is 0 Å². The number of nitrogens with zero attached hydrogens (tertiary/aromatic N) is 1. The second kappa shape index (κ2) is 5.87. The normalized spacial score (nSPS) is 11.3. The summed E-state index contributed by atoms with van der Waals surface area (Å²) in [4.78, 5) is 10.9. The molecule has 0 aliphatic rings. The van der Waals surface area contributed by atoms with E-state index in [-0.39, 0.29) is 17.0 Å². The Bertz CT molecular complexity index is 629. The Morgan fingerprint density at radius 2 is 2.11 bits per heavy atom. The summed E-state index contributed by atoms with van der Waals surface area (Å²) >= 11 is 0. The smallest absolute Gasteiger partial charge is 0.335 e. The molecule has 0 fully saturated rings. The first-order valence-corrected chi connectivity index (χ1v) is 7.04. The van der Waals surface area contributed by atoms with Crippen LogP contribution in [0.15, 0.2) is 23.1 Å². The highest BCUT2D eigenvalue weighted by molar-refractivity contribution is 7.89. The highest BCUT2D eigenvalue weighted by Gasteiger charge is 2.24. The van der Waals surface area contributed by atoms with Crippen molar-refractivity contribution in [3.05, 3.63) is 29.3 Å². The van der Waals surface area contributed by atoms with Gasteiger partial charge >= 0.3 is 5.97 Å². The molecule has 0 saturated heterocycles. The lowest BCUT2D eigenvalue weighted by atomic mass is 10.1. The van der Waals surface area contributed by atoms with Crippen molar-refractivity contribution in [3.8, 4) is 12.3 Å². The molecule has 6 heteroatoms. The molecular formula is C13H15NO4S. The van der Waals surface area contributed by atoms with E-state index in [0.29, 0.717) is 12.0 Å². The number of carbonyl (C=O) groups is 1. The fourth-order valence-corrected chi connectivity index (χ4v) is 3.00. The number of sulfonamides is 1. The van der Waals surface area contributed by atoms with Crippen LogP contribution >= 0.6 is 0 Å². The minimum atomic E-state index is -3.77. The number of aromatic carboxylic acids is 1. The first kappa shape index (κ1) is 15.2. The van der Waals surface area contributed by atoms with Gasteiger partial charge in [0.25, 0.3) is 0 Å². The first-order chi connectivity index (χ1) is 8.84. The third-order valence-electron chi connectivity index (χ3n) is 2.70. The molecule has 1 aromatic rings. The lowest BCUT2D eigenvalue weighted by Gasteiger charge is -2.17. The van der Waals surface area contributed by atoms with Gasteiger partial charge in [-0.3, -0.25) is 0 Å². The summed E-state index contributed by atoms with van der Waals surface area (Å²) in [6.07, 6.45) is 5.59. The molecule has 0 aliphatic carbocycles. The lowest BCUT2D eigenvalue weighted by Crippen LogP contribution is -2.28. The second-order valence-electron chi connectivity index (χ2n) is 3.95. The van der Waals surface area contributed by atoms with Gasteiger partial charge in [0.1, 0.15) is 0 Å². The Hall–Kier alpha value is -1.84. The fourth-order valence-electron chi connectivity index (χ4n) is 1.60. The van der Waals surface area contributed by atoms with Crippen LogP contribution in [-0.2, 0) is 16.4 Å². The number of carboxylic acids is 1. The highest BCUT2D eigenvalue weighted by atomic mass is 32.2. The summed E-state index contributed by atoms with van der Waals surface area (Å²) in [5.41, 5.74) is 0.499. The maximum atomic E-state index is 12.3. The van der Waals surface area contributed by atoms with Crippen LogP contribution in [0.5, 0.6) is 0 Å². The second-order valence-corrected chi connectivity index (χ2v) is 5.96. The first-order valence-electron chi connectivity index (χ1n) is 5.60. The molecule has 0 spiro atoms. The quantitative estimate of drug-likeness (QED) is 0.823. The van der Waals surface area contributed by atoms with Crippen molar-refractivity contribution in [2.45, 2.75) is 18.2 Å². The molecule has 102 valence electrons. The van der Waals surface area contributed by atoms with Crippen LogP contribution in [-0.4, -0.2) is 37.4 Å². The van der Waals surface area contributed by atoms with Crippen LogP contribution in [0.25, 0.3) is 0 Å². The van der Waals surface area contributed by atoms with Gasteiger partial charge in [-0.15, -0.1) is 6.42 Å². The average molecular weight is 281 g/mol. The monoisotopic (exact) mass is 281 g/mol. The molecule has 0 radical (unpaired) electrons. The van der Waals surface area contributed by atoms with E-state index in [4.69, 9.17) is 11.5 Å². The largest absolute Gasteiger partial charge is 0.478 e. The molecular weight excluding hydrogens is 266 g/mol. The van der Waals surface area contributed by atoms with Crippen molar-refractivity contribution in [1.82, 2.24) is 4.31 Å². The Kier molecular flexibility index (Phi) is 4.70. The lowest BCUT2D eigenvalue weighted by molar-refractivity contribution is 0.0696. The SMILES string of the molecule is C#CCN(C)S(=O)(=O)c1cc(C(=O)O)ccc1CC. The van der Waals surface area contributed by atoms with Crippen LogP contribution in [0, 0.1) is 12.3 Å². The van der Waals surface area contributed by atoms with Gasteiger partial charge in [0.05, 0.1) is 17.0 Å². The van der Waals surface area contributed by atoms with E-state index >= 15 is 0 Å². The molecule has 19 heavy (non-hydrogen) atoms. The minimum absolute atomic E-state index is 0.00681. The van der Waals surface area contributed by atoms with E-state index < -0.39 is 16.0 Å². The van der Waals surface area contributed by atoms with Gasteiger partial charge in [0.15, 0.2) is 0 Å². The summed E-state index contributed by atoms with van der Waals surface area (Å²) in [6, 6.07) is 4.07. The van der Waals surface area contributed by atoms with E-state index in [1.54, 1.807) is 6.92 Å². The fraction of sp³-hybridized carbons (Fsp3) is 0.308. The van der Waals surface area contributed by atoms with Crippen molar-refractivity contribution in [1.29, 1.82) is 0 Å². The van der Waals surface area contributed by atoms with Crippen LogP contribution in [0.2, 0.25) is 0 Å². The molecule has 0 atom stereocenters. The summed E-state index contributed by atoms with van der Waals surface area (Å²) < 4.78 is 25.6. The van der Waals surface area contributed by atoms with Gasteiger partial charge in [0, 0.05) is 7.05 Å². The molecule has 1 rings (SSSR count). The molecule has 1 aromatic carbocycles. The van der Waals surface area contributed by atoms with Crippen LogP contribution in [0.3, 0.4) is 0 Å². The van der Waals surface area contributed by atoms with Gasteiger partial charge in [-0.25, -0.2) is 13.2 Å². The van der Waals surface area contributed by atoms with Gasteiger partial charge < -0.3 is 5.11 Å². The zero-order valence-corrected chi connectivity index (χ0v) is 11.6. The van der Waals surface area contributed by atoms with Crippen molar-refractivity contribution in [2.75, 3.05) is 13.6 Å². The number of carboxylic acid groups (broad SMARTS) is 1. The zero-order valence-electron chi connectivity index (χ0n) is 10.8. The van der Waals surface area contributed by atoms with E-state index in [9.17, 15) is 13.2 Å². The molecule has 0 heterocycles. The topological polar surface area (TPSA) is 74.7 Å². The van der Waals surface area contributed by atoms with Gasteiger partial charge in [-0.1, -0.05) is 18.9 Å². The predicted octanol–water partition coefficient (Wildman–Crippen LogP) is 1.20. The number of terminal acetylenes is 1. The third-order valence-corrected chi connectivity index (χ3v) is 4.58. The minimum Gasteiger partial charge on any atom is -0.478 e. The Labute approximate surface area is 112 Å². The zero-order chi connectivity index (χ0) is 14.6. The summed E-state index contributed by atoms with van der Waals surface area (Å²) in [6.45, 7) is 1.73. The molecule has 5 nitrogen and oxygen atoms in total. The Morgan fingerprint density at radius 1 is 1.47 bits per heavy atom. The summed E-state index contributed by atoms with van der Waals surface area (Å²) in [5, 5.41) is 8.94. The predicted molar refractivity (Wildman–Crippen MR) is 71.4 cm³/mol. The number of hydrogen-bond donors (Lipinski definition) is 1. The van der Waals surface area contributed by atoms with Crippen LogP contribution in [0.4, 0.5) is 0 Å². The third kappa shape index (κ3) is 3.13. The van der Waals surface area contributed by atoms with Crippen molar-refractivity contribution < 1.29 is 18.3 Å². The molecule has 1 N–H and O–H groups in total. The molecule has 0 saturated carbocycles. The van der Waals surface area contributed by atoms with Crippen molar-refractivity contribution in [3.63, 3.8) is 0 Å². The number of hydrogen-bond acceptors (Lipinski definition) is 3. The maximum absolute atomic E-state index is 12.3. The highest BCUT2D eigenvalue weighted by Crippen LogP contribution is 2.21. The van der Waals surface area contributed by atoms with E-state index in [2.05, 4.69) is 5.92 Å². The van der Waals surface area contributed by atoms with E-state index in [0.717, 1.165) is 4.31 Å². The van der Waals surface area contributed by atoms with Gasteiger partial charge in [-0.2, -0.15) is 4.31 Å². The number of benzene rings is 1. The van der Waals surface area contributed by atoms with Crippen LogP contribution < -0.4 is 0 Å².